The van der Waals surface area contributed by atoms with Gasteiger partial charge in [0.15, 0.2) is 0 Å². The van der Waals surface area contributed by atoms with Gasteiger partial charge < -0.3 is 4.90 Å². The van der Waals surface area contributed by atoms with Crippen LogP contribution in [0.2, 0.25) is 0 Å². The third-order valence-corrected chi connectivity index (χ3v) is 8.19. The third kappa shape index (κ3) is 5.63. The van der Waals surface area contributed by atoms with E-state index < -0.39 is 10.0 Å². The molecule has 3 aromatic carbocycles. The van der Waals surface area contributed by atoms with Gasteiger partial charge in [-0.25, -0.2) is 8.42 Å². The Labute approximate surface area is 196 Å². The lowest BCUT2D eigenvalue weighted by atomic mass is 9.90. The van der Waals surface area contributed by atoms with Gasteiger partial charge in [-0.15, -0.1) is 0 Å². The number of likely N-dealkylation sites (tertiary alicyclic amines) is 1. The summed E-state index contributed by atoms with van der Waals surface area (Å²) in [6, 6.07) is 26.1. The molecule has 1 saturated heterocycles. The van der Waals surface area contributed by atoms with E-state index >= 15 is 0 Å². The first-order chi connectivity index (χ1) is 15.9. The van der Waals surface area contributed by atoms with E-state index in [2.05, 4.69) is 24.3 Å². The normalized spacial score (nSPS) is 14.8. The molecule has 3 aromatic rings. The van der Waals surface area contributed by atoms with Crippen LogP contribution in [-0.4, -0.2) is 39.4 Å². The number of nitrogens with zero attached hydrogens (tertiary/aromatic N) is 2. The Morgan fingerprint density at radius 2 is 1.42 bits per heavy atom. The third-order valence-electron chi connectivity index (χ3n) is 6.39. The summed E-state index contributed by atoms with van der Waals surface area (Å²) in [5.74, 6) is 0.754. The van der Waals surface area contributed by atoms with Gasteiger partial charge in [0, 0.05) is 20.1 Å². The van der Waals surface area contributed by atoms with Crippen molar-refractivity contribution < 1.29 is 13.2 Å². The van der Waals surface area contributed by atoms with Crippen molar-refractivity contribution in [1.29, 1.82) is 0 Å². The maximum atomic E-state index is 12.8. The average Bonchev–Trinajstić information content (AvgIpc) is 2.85. The average molecular weight is 463 g/mol. The molecule has 0 bridgehead atoms. The molecule has 1 heterocycles. The molecule has 0 aliphatic carbocycles. The van der Waals surface area contributed by atoms with Gasteiger partial charge in [0.1, 0.15) is 0 Å². The lowest BCUT2D eigenvalue weighted by molar-refractivity contribution is -0.131. The van der Waals surface area contributed by atoms with Crippen molar-refractivity contribution in [2.24, 2.45) is 5.92 Å². The molecule has 1 fully saturated rings. The molecule has 0 aromatic heterocycles. The number of piperidine rings is 1. The Hall–Kier alpha value is -3.12. The Kier molecular flexibility index (Phi) is 7.14. The lowest BCUT2D eigenvalue weighted by Crippen LogP contribution is -2.39. The predicted molar refractivity (Wildman–Crippen MR) is 132 cm³/mol. The minimum atomic E-state index is -3.61. The summed E-state index contributed by atoms with van der Waals surface area (Å²) in [5, 5.41) is 0. The molecule has 1 amide bonds. The van der Waals surface area contributed by atoms with Crippen LogP contribution in [0, 0.1) is 5.92 Å². The number of anilines is 1. The van der Waals surface area contributed by atoms with Crippen molar-refractivity contribution in [3.05, 3.63) is 96.1 Å². The Morgan fingerprint density at radius 1 is 0.848 bits per heavy atom. The smallest absolute Gasteiger partial charge is 0.264 e. The quantitative estimate of drug-likeness (QED) is 0.518. The zero-order valence-corrected chi connectivity index (χ0v) is 19.7. The molecule has 0 atom stereocenters. The summed E-state index contributed by atoms with van der Waals surface area (Å²) in [7, 11) is -2.07. The summed E-state index contributed by atoms with van der Waals surface area (Å²) in [4.78, 5) is 15.0. The van der Waals surface area contributed by atoms with Gasteiger partial charge in [-0.05, 0) is 60.6 Å². The van der Waals surface area contributed by atoms with Crippen molar-refractivity contribution in [2.75, 3.05) is 24.4 Å². The summed E-state index contributed by atoms with van der Waals surface area (Å²) in [6.45, 7) is 1.60. The molecule has 0 unspecified atom stereocenters. The first-order valence-corrected chi connectivity index (χ1v) is 12.8. The monoisotopic (exact) mass is 462 g/mol. The van der Waals surface area contributed by atoms with E-state index in [-0.39, 0.29) is 10.8 Å². The second-order valence-corrected chi connectivity index (χ2v) is 10.6. The first-order valence-electron chi connectivity index (χ1n) is 11.4. The molecule has 1 aliphatic rings. The summed E-state index contributed by atoms with van der Waals surface area (Å²) in [5.41, 5.74) is 2.82. The van der Waals surface area contributed by atoms with Gasteiger partial charge >= 0.3 is 0 Å². The number of hydrogen-bond acceptors (Lipinski definition) is 3. The molecule has 33 heavy (non-hydrogen) atoms. The predicted octanol–water partition coefficient (Wildman–Crippen LogP) is 4.54. The second-order valence-electron chi connectivity index (χ2n) is 8.64. The molecule has 4 rings (SSSR count). The van der Waals surface area contributed by atoms with Gasteiger partial charge in [-0.3, -0.25) is 9.10 Å². The standard InChI is InChI=1S/C27H30N2O3S/c1-28(33(31,32)26-10-6-3-7-11-26)25-14-12-23(13-15-25)21-27(30)29-18-16-24(17-19-29)20-22-8-4-2-5-9-22/h2-15,24H,16-21H2,1H3. The van der Waals surface area contributed by atoms with E-state index in [4.69, 9.17) is 0 Å². The topological polar surface area (TPSA) is 57.7 Å². The van der Waals surface area contributed by atoms with Crippen molar-refractivity contribution in [2.45, 2.75) is 30.6 Å². The SMILES string of the molecule is CN(c1ccc(CC(=O)N2CCC(Cc3ccccc3)CC2)cc1)S(=O)(=O)c1ccccc1. The van der Waals surface area contributed by atoms with Gasteiger partial charge in [0.2, 0.25) is 5.91 Å². The molecular formula is C27H30N2O3S. The van der Waals surface area contributed by atoms with Crippen LogP contribution >= 0.6 is 0 Å². The molecule has 0 spiro atoms. The number of carbonyl (C=O) groups is 1. The van der Waals surface area contributed by atoms with Crippen molar-refractivity contribution in [3.8, 4) is 0 Å². The zero-order valence-electron chi connectivity index (χ0n) is 18.9. The molecular weight excluding hydrogens is 432 g/mol. The van der Waals surface area contributed by atoms with Crippen molar-refractivity contribution >= 4 is 21.6 Å². The van der Waals surface area contributed by atoms with Crippen LogP contribution in [-0.2, 0) is 27.7 Å². The maximum Gasteiger partial charge on any atom is 0.264 e. The molecule has 1 aliphatic heterocycles. The number of carbonyl (C=O) groups excluding carboxylic acids is 1. The minimum Gasteiger partial charge on any atom is -0.342 e. The number of rotatable bonds is 7. The van der Waals surface area contributed by atoms with E-state index in [1.54, 1.807) is 49.5 Å². The molecule has 5 nitrogen and oxygen atoms in total. The Balaban J connectivity index is 1.31. The highest BCUT2D eigenvalue weighted by Gasteiger charge is 2.24. The molecule has 172 valence electrons. The Morgan fingerprint density at radius 3 is 2.03 bits per heavy atom. The number of amides is 1. The number of hydrogen-bond donors (Lipinski definition) is 0. The Bertz CT molecular complexity index is 1160. The molecule has 6 heteroatoms. The lowest BCUT2D eigenvalue weighted by Gasteiger charge is -2.32. The van der Waals surface area contributed by atoms with Gasteiger partial charge in [0.05, 0.1) is 17.0 Å². The van der Waals surface area contributed by atoms with Crippen LogP contribution in [0.5, 0.6) is 0 Å². The fourth-order valence-corrected chi connectivity index (χ4v) is 5.55. The minimum absolute atomic E-state index is 0.131. The summed E-state index contributed by atoms with van der Waals surface area (Å²) < 4.78 is 26.9. The van der Waals surface area contributed by atoms with E-state index in [9.17, 15) is 13.2 Å². The van der Waals surface area contributed by atoms with Crippen LogP contribution < -0.4 is 4.31 Å². The fourth-order valence-electron chi connectivity index (χ4n) is 4.33. The van der Waals surface area contributed by atoms with Crippen LogP contribution in [0.25, 0.3) is 0 Å². The highest BCUT2D eigenvalue weighted by molar-refractivity contribution is 7.92. The zero-order chi connectivity index (χ0) is 23.3. The maximum absolute atomic E-state index is 12.8. The number of benzene rings is 3. The van der Waals surface area contributed by atoms with Crippen LogP contribution in [0.4, 0.5) is 5.69 Å². The summed E-state index contributed by atoms with van der Waals surface area (Å²) >= 11 is 0. The van der Waals surface area contributed by atoms with Gasteiger partial charge in [-0.2, -0.15) is 0 Å². The van der Waals surface area contributed by atoms with Crippen LogP contribution in [0.3, 0.4) is 0 Å². The molecule has 0 saturated carbocycles. The highest BCUT2D eigenvalue weighted by atomic mass is 32.2. The van der Waals surface area contributed by atoms with Crippen LogP contribution in [0.1, 0.15) is 24.0 Å². The highest BCUT2D eigenvalue weighted by Crippen LogP contribution is 2.24. The van der Waals surface area contributed by atoms with E-state index in [1.165, 1.54) is 9.87 Å². The first kappa shape index (κ1) is 23.1. The van der Waals surface area contributed by atoms with Crippen molar-refractivity contribution in [1.82, 2.24) is 4.90 Å². The van der Waals surface area contributed by atoms with Gasteiger partial charge in [0.25, 0.3) is 10.0 Å². The van der Waals surface area contributed by atoms with E-state index in [0.717, 1.165) is 37.9 Å². The van der Waals surface area contributed by atoms with Crippen molar-refractivity contribution in [3.63, 3.8) is 0 Å². The molecule has 0 N–H and O–H groups in total. The second kappa shape index (κ2) is 10.2. The largest absolute Gasteiger partial charge is 0.342 e. The molecule has 0 radical (unpaired) electrons. The van der Waals surface area contributed by atoms with Gasteiger partial charge in [-0.1, -0.05) is 60.7 Å². The fraction of sp³-hybridized carbons (Fsp3) is 0.296. The van der Waals surface area contributed by atoms with Crippen LogP contribution in [0.15, 0.2) is 89.8 Å². The summed E-state index contributed by atoms with van der Waals surface area (Å²) in [6.07, 6.45) is 3.46. The van der Waals surface area contributed by atoms with E-state index in [1.807, 2.05) is 23.1 Å². The van der Waals surface area contributed by atoms with E-state index in [0.29, 0.717) is 18.0 Å². The number of sulfonamides is 1.